The topological polar surface area (TPSA) is 94.2 Å². The molecular weight excluding hydrogens is 342 g/mol. The van der Waals surface area contributed by atoms with Crippen LogP contribution in [0.1, 0.15) is 29.1 Å². The number of sulfonamides is 1. The number of hydrogen-bond donors (Lipinski definition) is 1. The van der Waals surface area contributed by atoms with E-state index >= 15 is 0 Å². The van der Waals surface area contributed by atoms with Gasteiger partial charge in [-0.05, 0) is 37.3 Å². The molecule has 0 amide bonds. The first-order chi connectivity index (χ1) is 12.0. The van der Waals surface area contributed by atoms with Crippen molar-refractivity contribution in [3.8, 4) is 0 Å². The van der Waals surface area contributed by atoms with Crippen molar-refractivity contribution < 1.29 is 17.6 Å². The molecule has 0 fully saturated rings. The lowest BCUT2D eigenvalue weighted by atomic mass is 10.2. The number of ketones is 1. The first kappa shape index (κ1) is 17.1. The van der Waals surface area contributed by atoms with Crippen LogP contribution >= 0.6 is 0 Å². The molecule has 25 heavy (non-hydrogen) atoms. The molecule has 8 heteroatoms. The van der Waals surface area contributed by atoms with Crippen molar-refractivity contribution in [2.45, 2.75) is 17.9 Å². The Labute approximate surface area is 145 Å². The maximum absolute atomic E-state index is 12.5. The molecule has 0 aliphatic carbocycles. The van der Waals surface area contributed by atoms with Crippen molar-refractivity contribution in [1.82, 2.24) is 14.5 Å². The number of Topliss-reactive ketones (excluding diaryl/α,β-unsaturated/α-hetero) is 1. The average Bonchev–Trinajstić information content (AvgIpc) is 3.29. The summed E-state index contributed by atoms with van der Waals surface area (Å²) < 4.78 is 34.6. The molecule has 0 spiro atoms. The van der Waals surface area contributed by atoms with E-state index in [0.717, 1.165) is 0 Å². The van der Waals surface area contributed by atoms with Gasteiger partial charge in [-0.15, -0.1) is 0 Å². The van der Waals surface area contributed by atoms with E-state index in [9.17, 15) is 13.2 Å². The van der Waals surface area contributed by atoms with Gasteiger partial charge in [-0.1, -0.05) is 12.1 Å². The number of rotatable bonds is 7. The fourth-order valence-corrected chi connectivity index (χ4v) is 3.45. The van der Waals surface area contributed by atoms with Gasteiger partial charge in [0.2, 0.25) is 10.0 Å². The number of hydrogen-bond acceptors (Lipinski definition) is 5. The minimum atomic E-state index is -3.72. The van der Waals surface area contributed by atoms with Gasteiger partial charge in [-0.25, -0.2) is 13.1 Å². The molecule has 0 saturated carbocycles. The van der Waals surface area contributed by atoms with E-state index in [1.165, 1.54) is 37.5 Å². The van der Waals surface area contributed by atoms with Crippen LogP contribution in [0.5, 0.6) is 0 Å². The Hall–Kier alpha value is -2.71. The van der Waals surface area contributed by atoms with Gasteiger partial charge in [0.1, 0.15) is 11.8 Å². The second-order valence-corrected chi connectivity index (χ2v) is 7.22. The summed E-state index contributed by atoms with van der Waals surface area (Å²) in [6.45, 7) is 1.51. The summed E-state index contributed by atoms with van der Waals surface area (Å²) >= 11 is 0. The summed E-state index contributed by atoms with van der Waals surface area (Å²) in [5, 5.41) is 4.16. The van der Waals surface area contributed by atoms with E-state index in [4.69, 9.17) is 4.42 Å². The lowest BCUT2D eigenvalue weighted by Crippen LogP contribution is -2.31. The van der Waals surface area contributed by atoms with Gasteiger partial charge in [-0.2, -0.15) is 5.10 Å². The number of furan rings is 1. The van der Waals surface area contributed by atoms with Crippen molar-refractivity contribution in [2.24, 2.45) is 0 Å². The number of carbonyl (C=O) groups is 1. The van der Waals surface area contributed by atoms with Crippen LogP contribution in [0.15, 0.2) is 70.4 Å². The van der Waals surface area contributed by atoms with Crippen LogP contribution in [-0.4, -0.2) is 30.5 Å². The van der Waals surface area contributed by atoms with E-state index in [2.05, 4.69) is 9.82 Å². The highest BCUT2D eigenvalue weighted by Gasteiger charge is 2.21. The molecule has 3 aromatic rings. The quantitative estimate of drug-likeness (QED) is 0.653. The van der Waals surface area contributed by atoms with E-state index < -0.39 is 16.1 Å². The van der Waals surface area contributed by atoms with E-state index in [1.807, 2.05) is 0 Å². The Morgan fingerprint density at radius 2 is 2.00 bits per heavy atom. The minimum absolute atomic E-state index is 0.0754. The van der Waals surface area contributed by atoms with Crippen LogP contribution in [0.4, 0.5) is 0 Å². The molecule has 1 aromatic carbocycles. The highest BCUT2D eigenvalue weighted by Crippen LogP contribution is 2.18. The first-order valence-electron chi connectivity index (χ1n) is 7.60. The Kier molecular flexibility index (Phi) is 4.82. The van der Waals surface area contributed by atoms with Gasteiger partial charge in [0.25, 0.3) is 0 Å². The SMILES string of the molecule is CC(=O)c1ccc(S(=O)(=O)NCC(c2ccco2)n2cccn2)cc1. The second kappa shape index (κ2) is 7.04. The van der Waals surface area contributed by atoms with Gasteiger partial charge < -0.3 is 4.42 Å². The van der Waals surface area contributed by atoms with Crippen molar-refractivity contribution >= 4 is 15.8 Å². The Balaban J connectivity index is 1.79. The molecule has 1 atom stereocenters. The normalized spacial score (nSPS) is 12.8. The van der Waals surface area contributed by atoms with Gasteiger partial charge in [0.15, 0.2) is 5.78 Å². The Morgan fingerprint density at radius 3 is 2.56 bits per heavy atom. The zero-order valence-electron chi connectivity index (χ0n) is 13.5. The van der Waals surface area contributed by atoms with Gasteiger partial charge in [-0.3, -0.25) is 9.48 Å². The van der Waals surface area contributed by atoms with E-state index in [1.54, 1.807) is 35.3 Å². The molecule has 0 saturated heterocycles. The summed E-state index contributed by atoms with van der Waals surface area (Å²) in [5.74, 6) is 0.479. The highest BCUT2D eigenvalue weighted by atomic mass is 32.2. The monoisotopic (exact) mass is 359 g/mol. The lowest BCUT2D eigenvalue weighted by Gasteiger charge is -2.16. The van der Waals surface area contributed by atoms with E-state index in [0.29, 0.717) is 11.3 Å². The molecule has 1 N–H and O–H groups in total. The predicted molar refractivity (Wildman–Crippen MR) is 90.7 cm³/mol. The number of carbonyl (C=O) groups excluding carboxylic acids is 1. The zero-order valence-corrected chi connectivity index (χ0v) is 14.3. The fraction of sp³-hybridized carbons (Fsp3) is 0.176. The number of aromatic nitrogens is 2. The largest absolute Gasteiger partial charge is 0.467 e. The van der Waals surface area contributed by atoms with Crippen LogP contribution in [0.3, 0.4) is 0 Å². The smallest absolute Gasteiger partial charge is 0.240 e. The Bertz CT molecular complexity index is 896. The predicted octanol–water partition coefficient (Wildman–Crippen LogP) is 2.25. The summed E-state index contributed by atoms with van der Waals surface area (Å²) in [5.41, 5.74) is 0.462. The molecule has 2 aromatic heterocycles. The van der Waals surface area contributed by atoms with Gasteiger partial charge in [0.05, 0.1) is 11.2 Å². The molecule has 0 bridgehead atoms. The molecule has 0 aliphatic rings. The summed E-state index contributed by atoms with van der Waals surface area (Å²) in [6.07, 6.45) is 4.88. The van der Waals surface area contributed by atoms with Crippen LogP contribution in [0.25, 0.3) is 0 Å². The van der Waals surface area contributed by atoms with Gasteiger partial charge in [0, 0.05) is 24.5 Å². The molecular formula is C17H17N3O4S. The molecule has 2 heterocycles. The molecule has 130 valence electrons. The number of benzene rings is 1. The summed E-state index contributed by atoms with van der Waals surface area (Å²) in [6, 6.07) is 10.7. The third-order valence-electron chi connectivity index (χ3n) is 3.75. The lowest BCUT2D eigenvalue weighted by molar-refractivity contribution is 0.101. The number of nitrogens with zero attached hydrogens (tertiary/aromatic N) is 2. The van der Waals surface area contributed by atoms with E-state index in [-0.39, 0.29) is 17.2 Å². The molecule has 1 unspecified atom stereocenters. The second-order valence-electron chi connectivity index (χ2n) is 5.45. The van der Waals surface area contributed by atoms with Crippen LogP contribution in [0.2, 0.25) is 0 Å². The zero-order chi connectivity index (χ0) is 17.9. The van der Waals surface area contributed by atoms with Crippen LogP contribution in [0, 0.1) is 0 Å². The maximum Gasteiger partial charge on any atom is 0.240 e. The summed E-state index contributed by atoms with van der Waals surface area (Å²) in [4.78, 5) is 11.4. The highest BCUT2D eigenvalue weighted by molar-refractivity contribution is 7.89. The van der Waals surface area contributed by atoms with Crippen molar-refractivity contribution in [3.05, 3.63) is 72.4 Å². The molecule has 7 nitrogen and oxygen atoms in total. The van der Waals surface area contributed by atoms with Gasteiger partial charge >= 0.3 is 0 Å². The minimum Gasteiger partial charge on any atom is -0.467 e. The third-order valence-corrected chi connectivity index (χ3v) is 5.19. The maximum atomic E-state index is 12.5. The molecule has 3 rings (SSSR count). The van der Waals surface area contributed by atoms with Crippen LogP contribution < -0.4 is 4.72 Å². The standard InChI is InChI=1S/C17H17N3O4S/c1-13(21)14-5-7-15(8-6-14)25(22,23)19-12-16(17-4-2-11-24-17)20-10-3-9-18-20/h2-11,16,19H,12H2,1H3. The van der Waals surface area contributed by atoms with Crippen molar-refractivity contribution in [1.29, 1.82) is 0 Å². The number of nitrogens with one attached hydrogen (secondary N) is 1. The first-order valence-corrected chi connectivity index (χ1v) is 9.09. The fourth-order valence-electron chi connectivity index (χ4n) is 2.41. The Morgan fingerprint density at radius 1 is 1.24 bits per heavy atom. The average molecular weight is 359 g/mol. The third kappa shape index (κ3) is 3.86. The van der Waals surface area contributed by atoms with Crippen molar-refractivity contribution in [3.63, 3.8) is 0 Å². The van der Waals surface area contributed by atoms with Crippen molar-refractivity contribution in [2.75, 3.05) is 6.54 Å². The summed E-state index contributed by atoms with van der Waals surface area (Å²) in [7, 11) is -3.72. The van der Waals surface area contributed by atoms with Crippen LogP contribution in [-0.2, 0) is 10.0 Å². The molecule has 0 aliphatic heterocycles. The molecule has 0 radical (unpaired) electrons.